The van der Waals surface area contributed by atoms with E-state index in [9.17, 15) is 10.1 Å². The van der Waals surface area contributed by atoms with Gasteiger partial charge in [-0.05, 0) is 38.4 Å². The van der Waals surface area contributed by atoms with E-state index in [0.29, 0.717) is 6.04 Å². The van der Waals surface area contributed by atoms with E-state index in [1.165, 1.54) is 44.5 Å². The molecule has 23 heavy (non-hydrogen) atoms. The zero-order valence-corrected chi connectivity index (χ0v) is 13.5. The maximum absolute atomic E-state index is 10.7. The van der Waals surface area contributed by atoms with Crippen molar-refractivity contribution in [3.63, 3.8) is 0 Å². The van der Waals surface area contributed by atoms with Gasteiger partial charge in [-0.2, -0.15) is 0 Å². The second-order valence-corrected chi connectivity index (χ2v) is 6.40. The van der Waals surface area contributed by atoms with Crippen molar-refractivity contribution in [3.8, 4) is 0 Å². The molecule has 2 saturated heterocycles. The maximum Gasteiger partial charge on any atom is 0.287 e. The number of anilines is 1. The molecule has 0 radical (unpaired) electrons. The molecule has 1 aromatic heterocycles. The van der Waals surface area contributed by atoms with Crippen LogP contribution in [0.4, 0.5) is 11.5 Å². The van der Waals surface area contributed by atoms with Gasteiger partial charge >= 0.3 is 0 Å². The minimum absolute atomic E-state index is 0.0485. The van der Waals surface area contributed by atoms with E-state index < -0.39 is 4.92 Å². The molecular weight excluding hydrogens is 294 g/mol. The van der Waals surface area contributed by atoms with Gasteiger partial charge in [0.1, 0.15) is 12.0 Å². The van der Waals surface area contributed by atoms with E-state index in [1.54, 1.807) is 6.07 Å². The molecule has 0 aromatic carbocycles. The first-order valence-electron chi connectivity index (χ1n) is 8.53. The van der Waals surface area contributed by atoms with Crippen LogP contribution < -0.4 is 10.2 Å². The minimum atomic E-state index is -0.409. The standard InChI is InChI=1S/C16H25N5O2/c22-21(23)15-4-5-16(18-13-15)20-11-9-19(10-12-20)8-6-14-3-1-2-7-17-14/h4-5,13-14,17H,1-3,6-12H2. The van der Waals surface area contributed by atoms with Gasteiger partial charge < -0.3 is 10.2 Å². The Morgan fingerprint density at radius 2 is 2.09 bits per heavy atom. The Hall–Kier alpha value is -1.73. The molecule has 0 saturated carbocycles. The van der Waals surface area contributed by atoms with Gasteiger partial charge in [0.15, 0.2) is 0 Å². The minimum Gasteiger partial charge on any atom is -0.354 e. The molecule has 126 valence electrons. The highest BCUT2D eigenvalue weighted by atomic mass is 16.6. The summed E-state index contributed by atoms with van der Waals surface area (Å²) in [5, 5.41) is 14.3. The summed E-state index contributed by atoms with van der Waals surface area (Å²) in [7, 11) is 0. The summed E-state index contributed by atoms with van der Waals surface area (Å²) >= 11 is 0. The number of nitro groups is 1. The molecule has 1 N–H and O–H groups in total. The molecule has 0 aliphatic carbocycles. The van der Waals surface area contributed by atoms with Crippen molar-refractivity contribution < 1.29 is 4.92 Å². The predicted octanol–water partition coefficient (Wildman–Crippen LogP) is 1.64. The Balaban J connectivity index is 1.43. The van der Waals surface area contributed by atoms with Crippen LogP contribution in [0.2, 0.25) is 0 Å². The van der Waals surface area contributed by atoms with Crippen LogP contribution in [0.1, 0.15) is 25.7 Å². The van der Waals surface area contributed by atoms with Gasteiger partial charge in [-0.3, -0.25) is 15.0 Å². The third-order valence-electron chi connectivity index (χ3n) is 4.85. The molecule has 1 atom stereocenters. The monoisotopic (exact) mass is 319 g/mol. The van der Waals surface area contributed by atoms with Gasteiger partial charge in [-0.25, -0.2) is 4.98 Å². The second kappa shape index (κ2) is 7.70. The van der Waals surface area contributed by atoms with Crippen LogP contribution in [0, 0.1) is 10.1 Å². The van der Waals surface area contributed by atoms with Gasteiger partial charge in [0.2, 0.25) is 0 Å². The molecule has 0 bridgehead atoms. The molecular formula is C16H25N5O2. The largest absolute Gasteiger partial charge is 0.354 e. The first kappa shape index (κ1) is 16.1. The number of hydrogen-bond donors (Lipinski definition) is 1. The third-order valence-corrected chi connectivity index (χ3v) is 4.85. The summed E-state index contributed by atoms with van der Waals surface area (Å²) < 4.78 is 0. The summed E-state index contributed by atoms with van der Waals surface area (Å²) in [6.07, 6.45) is 6.56. The fourth-order valence-electron chi connectivity index (χ4n) is 3.38. The smallest absolute Gasteiger partial charge is 0.287 e. The number of aromatic nitrogens is 1. The van der Waals surface area contributed by atoms with E-state index in [2.05, 4.69) is 20.1 Å². The van der Waals surface area contributed by atoms with Gasteiger partial charge in [-0.1, -0.05) is 6.42 Å². The summed E-state index contributed by atoms with van der Waals surface area (Å²) in [6, 6.07) is 3.97. The maximum atomic E-state index is 10.7. The lowest BCUT2D eigenvalue weighted by molar-refractivity contribution is -0.385. The van der Waals surface area contributed by atoms with E-state index in [4.69, 9.17) is 0 Å². The lowest BCUT2D eigenvalue weighted by Gasteiger charge is -2.36. The highest BCUT2D eigenvalue weighted by molar-refractivity contribution is 5.43. The third kappa shape index (κ3) is 4.39. The number of hydrogen-bond acceptors (Lipinski definition) is 6. The number of nitrogens with zero attached hydrogens (tertiary/aromatic N) is 4. The normalized spacial score (nSPS) is 23.0. The molecule has 7 heteroatoms. The highest BCUT2D eigenvalue weighted by Gasteiger charge is 2.20. The van der Waals surface area contributed by atoms with Crippen LogP contribution in [0.25, 0.3) is 0 Å². The molecule has 1 aromatic rings. The van der Waals surface area contributed by atoms with Crippen molar-refractivity contribution in [3.05, 3.63) is 28.4 Å². The van der Waals surface area contributed by atoms with Crippen LogP contribution in [0.3, 0.4) is 0 Å². The molecule has 2 aliphatic rings. The van der Waals surface area contributed by atoms with Crippen LogP contribution in [-0.2, 0) is 0 Å². The van der Waals surface area contributed by atoms with Gasteiger partial charge in [0.05, 0.1) is 4.92 Å². The van der Waals surface area contributed by atoms with Crippen LogP contribution in [0.15, 0.2) is 18.3 Å². The summed E-state index contributed by atoms with van der Waals surface area (Å²) in [6.45, 7) is 6.26. The topological polar surface area (TPSA) is 74.5 Å². The Kier molecular flexibility index (Phi) is 5.40. The first-order chi connectivity index (χ1) is 11.2. The van der Waals surface area contributed by atoms with Gasteiger partial charge in [0, 0.05) is 38.3 Å². The van der Waals surface area contributed by atoms with Gasteiger partial charge in [-0.15, -0.1) is 0 Å². The van der Waals surface area contributed by atoms with Crippen molar-refractivity contribution in [2.24, 2.45) is 0 Å². The Morgan fingerprint density at radius 1 is 1.26 bits per heavy atom. The van der Waals surface area contributed by atoms with E-state index in [0.717, 1.165) is 38.5 Å². The Morgan fingerprint density at radius 3 is 2.70 bits per heavy atom. The summed E-state index contributed by atoms with van der Waals surface area (Å²) in [5.41, 5.74) is 0.0485. The fourth-order valence-corrected chi connectivity index (χ4v) is 3.38. The van der Waals surface area contributed by atoms with Crippen molar-refractivity contribution in [1.29, 1.82) is 0 Å². The van der Waals surface area contributed by atoms with Gasteiger partial charge in [0.25, 0.3) is 5.69 Å². The molecule has 3 heterocycles. The van der Waals surface area contributed by atoms with Crippen molar-refractivity contribution in [2.75, 3.05) is 44.2 Å². The van der Waals surface area contributed by atoms with E-state index >= 15 is 0 Å². The first-order valence-corrected chi connectivity index (χ1v) is 8.53. The Bertz CT molecular complexity index is 508. The Labute approximate surface area is 136 Å². The van der Waals surface area contributed by atoms with Crippen LogP contribution >= 0.6 is 0 Å². The summed E-state index contributed by atoms with van der Waals surface area (Å²) in [5.74, 6) is 0.837. The molecule has 1 unspecified atom stereocenters. The molecule has 2 aliphatic heterocycles. The average Bonchev–Trinajstić information content (AvgIpc) is 2.61. The molecule has 2 fully saturated rings. The SMILES string of the molecule is O=[N+]([O-])c1ccc(N2CCN(CCC3CCCCN3)CC2)nc1. The second-order valence-electron chi connectivity index (χ2n) is 6.40. The zero-order valence-electron chi connectivity index (χ0n) is 13.5. The lowest BCUT2D eigenvalue weighted by atomic mass is 10.0. The molecule has 7 nitrogen and oxygen atoms in total. The molecule has 0 amide bonds. The number of rotatable bonds is 5. The average molecular weight is 319 g/mol. The van der Waals surface area contributed by atoms with Crippen LogP contribution in [-0.4, -0.2) is 60.1 Å². The number of piperazine rings is 1. The zero-order chi connectivity index (χ0) is 16.1. The molecule has 3 rings (SSSR count). The quantitative estimate of drug-likeness (QED) is 0.657. The number of nitrogens with one attached hydrogen (secondary N) is 1. The van der Waals surface area contributed by atoms with E-state index in [-0.39, 0.29) is 5.69 Å². The summed E-state index contributed by atoms with van der Waals surface area (Å²) in [4.78, 5) is 19.2. The van der Waals surface area contributed by atoms with E-state index in [1.807, 2.05) is 0 Å². The lowest BCUT2D eigenvalue weighted by Crippen LogP contribution is -2.48. The number of piperidine rings is 1. The number of pyridine rings is 1. The molecule has 0 spiro atoms. The van der Waals surface area contributed by atoms with Crippen molar-refractivity contribution in [1.82, 2.24) is 15.2 Å². The van der Waals surface area contributed by atoms with Crippen molar-refractivity contribution >= 4 is 11.5 Å². The van der Waals surface area contributed by atoms with Crippen molar-refractivity contribution in [2.45, 2.75) is 31.7 Å². The predicted molar refractivity (Wildman–Crippen MR) is 89.8 cm³/mol. The van der Waals surface area contributed by atoms with Crippen LogP contribution in [0.5, 0.6) is 0 Å². The fraction of sp³-hybridized carbons (Fsp3) is 0.688. The highest BCUT2D eigenvalue weighted by Crippen LogP contribution is 2.18.